The second-order valence-corrected chi connectivity index (χ2v) is 3.03. The molecular weight excluding hydrogens is 249 g/mol. The summed E-state index contributed by atoms with van der Waals surface area (Å²) in [4.78, 5) is 11.2. The van der Waals surface area contributed by atoms with Gasteiger partial charge in [-0.15, -0.1) is 10.2 Å². The second kappa shape index (κ2) is 4.65. The molecular formula is C8H6ClF3N2O2. The van der Waals surface area contributed by atoms with Crippen LogP contribution in [-0.4, -0.2) is 22.8 Å². The Balaban J connectivity index is 3.23. The number of nitrogens with zero attached hydrogens (tertiary/aromatic N) is 2. The summed E-state index contributed by atoms with van der Waals surface area (Å²) in [6, 6.07) is 0.529. The fourth-order valence-corrected chi connectivity index (χ4v) is 1.08. The topological polar surface area (TPSA) is 52.1 Å². The lowest BCUT2D eigenvalue weighted by atomic mass is 10.2. The maximum Gasteiger partial charge on any atom is 0.418 e. The molecule has 1 aromatic rings. The van der Waals surface area contributed by atoms with Crippen LogP contribution in [0.3, 0.4) is 0 Å². The Kier molecular flexibility index (Phi) is 3.69. The van der Waals surface area contributed by atoms with Gasteiger partial charge < -0.3 is 4.74 Å². The Morgan fingerprint density at radius 2 is 2.12 bits per heavy atom. The maximum absolute atomic E-state index is 12.5. The zero-order valence-electron chi connectivity index (χ0n) is 8.01. The predicted molar refractivity (Wildman–Crippen MR) is 48.0 cm³/mol. The molecule has 1 heterocycles. The van der Waals surface area contributed by atoms with Gasteiger partial charge in [0.25, 0.3) is 0 Å². The van der Waals surface area contributed by atoms with Crippen LogP contribution in [0.25, 0.3) is 0 Å². The largest absolute Gasteiger partial charge is 0.461 e. The molecule has 0 aliphatic rings. The summed E-state index contributed by atoms with van der Waals surface area (Å²) in [6.07, 6.45) is -4.73. The highest BCUT2D eigenvalue weighted by Gasteiger charge is 2.37. The molecule has 8 heteroatoms. The van der Waals surface area contributed by atoms with Crippen molar-refractivity contribution in [1.29, 1.82) is 0 Å². The van der Waals surface area contributed by atoms with Crippen molar-refractivity contribution in [3.63, 3.8) is 0 Å². The van der Waals surface area contributed by atoms with Crippen LogP contribution in [0.15, 0.2) is 6.07 Å². The highest BCUT2D eigenvalue weighted by molar-refractivity contribution is 6.29. The minimum absolute atomic E-state index is 0.0551. The van der Waals surface area contributed by atoms with E-state index >= 15 is 0 Å². The van der Waals surface area contributed by atoms with Crippen LogP contribution in [0.2, 0.25) is 5.15 Å². The molecule has 1 rings (SSSR count). The molecule has 0 spiro atoms. The van der Waals surface area contributed by atoms with Gasteiger partial charge in [0.05, 0.1) is 12.2 Å². The fourth-order valence-electron chi connectivity index (χ4n) is 0.934. The number of aromatic nitrogens is 2. The summed E-state index contributed by atoms with van der Waals surface area (Å²) in [5, 5.41) is 5.81. The smallest absolute Gasteiger partial charge is 0.418 e. The summed E-state index contributed by atoms with van der Waals surface area (Å²) >= 11 is 5.28. The number of alkyl halides is 3. The third-order valence-corrected chi connectivity index (χ3v) is 1.72. The van der Waals surface area contributed by atoms with Crippen molar-refractivity contribution in [3.05, 3.63) is 22.5 Å². The zero-order valence-corrected chi connectivity index (χ0v) is 8.76. The number of halogens is 4. The number of carbonyl (C=O) groups excluding carboxylic acids is 1. The van der Waals surface area contributed by atoms with E-state index in [1.165, 1.54) is 6.92 Å². The van der Waals surface area contributed by atoms with Gasteiger partial charge >= 0.3 is 12.1 Å². The molecule has 0 atom stereocenters. The van der Waals surface area contributed by atoms with Crippen LogP contribution in [0.4, 0.5) is 13.2 Å². The summed E-state index contributed by atoms with van der Waals surface area (Å²) in [5.41, 5.74) is -2.15. The van der Waals surface area contributed by atoms with Gasteiger partial charge in [-0.3, -0.25) is 0 Å². The molecule has 16 heavy (non-hydrogen) atoms. The molecule has 0 fully saturated rings. The van der Waals surface area contributed by atoms with Gasteiger partial charge in [0, 0.05) is 0 Å². The Bertz CT molecular complexity index is 409. The van der Waals surface area contributed by atoms with E-state index in [-0.39, 0.29) is 6.61 Å². The second-order valence-electron chi connectivity index (χ2n) is 2.65. The molecule has 4 nitrogen and oxygen atoms in total. The lowest BCUT2D eigenvalue weighted by Crippen LogP contribution is -2.18. The van der Waals surface area contributed by atoms with Gasteiger partial charge in [-0.2, -0.15) is 13.2 Å². The van der Waals surface area contributed by atoms with Gasteiger partial charge in [-0.05, 0) is 13.0 Å². The van der Waals surface area contributed by atoms with Gasteiger partial charge in [-0.1, -0.05) is 11.6 Å². The molecule has 0 unspecified atom stereocenters. The maximum atomic E-state index is 12.5. The molecule has 0 aliphatic carbocycles. The fraction of sp³-hybridized carbons (Fsp3) is 0.375. The third-order valence-electron chi connectivity index (χ3n) is 1.54. The lowest BCUT2D eigenvalue weighted by molar-refractivity contribution is -0.138. The summed E-state index contributed by atoms with van der Waals surface area (Å²) in [7, 11) is 0. The van der Waals surface area contributed by atoms with Crippen molar-refractivity contribution in [1.82, 2.24) is 10.2 Å². The van der Waals surface area contributed by atoms with Crippen LogP contribution < -0.4 is 0 Å². The molecule has 88 valence electrons. The lowest BCUT2D eigenvalue weighted by Gasteiger charge is -2.10. The van der Waals surface area contributed by atoms with Crippen LogP contribution in [0.1, 0.15) is 23.0 Å². The summed E-state index contributed by atoms with van der Waals surface area (Å²) in [6.45, 7) is 1.41. The van der Waals surface area contributed by atoms with Crippen LogP contribution in [0.5, 0.6) is 0 Å². The van der Waals surface area contributed by atoms with Gasteiger partial charge in [0.2, 0.25) is 0 Å². The Hall–Kier alpha value is -1.37. The van der Waals surface area contributed by atoms with Crippen molar-refractivity contribution < 1.29 is 22.7 Å². The van der Waals surface area contributed by atoms with E-state index in [9.17, 15) is 18.0 Å². The highest BCUT2D eigenvalue weighted by Crippen LogP contribution is 2.32. The predicted octanol–water partition coefficient (Wildman–Crippen LogP) is 2.33. The normalized spacial score (nSPS) is 11.3. The van der Waals surface area contributed by atoms with Crippen LogP contribution >= 0.6 is 11.6 Å². The molecule has 0 saturated heterocycles. The number of carbonyl (C=O) groups is 1. The van der Waals surface area contributed by atoms with Gasteiger partial charge in [0.1, 0.15) is 0 Å². The van der Waals surface area contributed by atoms with E-state index < -0.39 is 28.6 Å². The monoisotopic (exact) mass is 254 g/mol. The molecule has 0 aromatic carbocycles. The van der Waals surface area contributed by atoms with Crippen molar-refractivity contribution in [2.45, 2.75) is 13.1 Å². The van der Waals surface area contributed by atoms with Gasteiger partial charge in [0.15, 0.2) is 10.8 Å². The third kappa shape index (κ3) is 2.82. The molecule has 0 radical (unpaired) electrons. The van der Waals surface area contributed by atoms with E-state index in [2.05, 4.69) is 14.9 Å². The molecule has 0 N–H and O–H groups in total. The number of ether oxygens (including phenoxy) is 1. The Morgan fingerprint density at radius 1 is 1.50 bits per heavy atom. The van der Waals surface area contributed by atoms with Crippen molar-refractivity contribution >= 4 is 17.6 Å². The van der Waals surface area contributed by atoms with Crippen molar-refractivity contribution in [3.8, 4) is 0 Å². The molecule has 0 aliphatic heterocycles. The highest BCUT2D eigenvalue weighted by atomic mass is 35.5. The summed E-state index contributed by atoms with van der Waals surface area (Å²) in [5.74, 6) is -1.18. The first-order chi connectivity index (χ1) is 7.36. The summed E-state index contributed by atoms with van der Waals surface area (Å²) < 4.78 is 41.9. The first-order valence-electron chi connectivity index (χ1n) is 4.13. The quantitative estimate of drug-likeness (QED) is 0.760. The SMILES string of the molecule is CCOC(=O)c1nnc(Cl)cc1C(F)(F)F. The molecule has 0 bridgehead atoms. The first kappa shape index (κ1) is 12.7. The van der Waals surface area contributed by atoms with Crippen LogP contribution in [-0.2, 0) is 10.9 Å². The number of rotatable bonds is 2. The number of esters is 1. The van der Waals surface area contributed by atoms with Crippen LogP contribution in [0, 0.1) is 0 Å². The Morgan fingerprint density at radius 3 is 2.62 bits per heavy atom. The zero-order chi connectivity index (χ0) is 12.3. The minimum atomic E-state index is -4.73. The molecule has 0 amide bonds. The Labute approximate surface area is 93.4 Å². The number of hydrogen-bond acceptors (Lipinski definition) is 4. The standard InChI is InChI=1S/C8H6ClF3N2O2/c1-2-16-7(15)6-4(8(10,11)12)3-5(9)13-14-6/h3H,2H2,1H3. The van der Waals surface area contributed by atoms with Crippen molar-refractivity contribution in [2.24, 2.45) is 0 Å². The van der Waals surface area contributed by atoms with Crippen molar-refractivity contribution in [2.75, 3.05) is 6.61 Å². The van der Waals surface area contributed by atoms with E-state index in [0.29, 0.717) is 6.07 Å². The number of hydrogen-bond donors (Lipinski definition) is 0. The molecule has 0 saturated carbocycles. The van der Waals surface area contributed by atoms with E-state index in [1.807, 2.05) is 0 Å². The van der Waals surface area contributed by atoms with E-state index in [4.69, 9.17) is 11.6 Å². The van der Waals surface area contributed by atoms with E-state index in [0.717, 1.165) is 0 Å². The first-order valence-corrected chi connectivity index (χ1v) is 4.51. The average molecular weight is 255 g/mol. The minimum Gasteiger partial charge on any atom is -0.461 e. The average Bonchev–Trinajstić information content (AvgIpc) is 2.16. The molecule has 1 aromatic heterocycles. The van der Waals surface area contributed by atoms with E-state index in [1.54, 1.807) is 0 Å². The van der Waals surface area contributed by atoms with Gasteiger partial charge in [-0.25, -0.2) is 4.79 Å².